The maximum Gasteiger partial charge on any atom is 0.164 e. The van der Waals surface area contributed by atoms with Gasteiger partial charge in [-0.2, -0.15) is 5.26 Å². The van der Waals surface area contributed by atoms with Crippen LogP contribution in [0.4, 0.5) is 0 Å². The van der Waals surface area contributed by atoms with Crippen molar-refractivity contribution in [1.29, 1.82) is 5.26 Å². The smallest absolute Gasteiger partial charge is 0.164 e. The second-order valence-corrected chi connectivity index (χ2v) is 5.54. The van der Waals surface area contributed by atoms with Crippen molar-refractivity contribution in [3.8, 4) is 23.3 Å². The fraction of sp³-hybridized carbons (Fsp3) is 0.238. The number of nitriles is 1. The normalized spacial score (nSPS) is 11.1. The molecule has 0 aliphatic carbocycles. The van der Waals surface area contributed by atoms with E-state index in [0.29, 0.717) is 35.0 Å². The molecule has 0 heterocycles. The SMILES string of the molecule is C=CCOc1cc(OC)ccc1C(C#N)CC(=O)c1ccc(OC)cc1. The maximum atomic E-state index is 12.6. The molecule has 1 atom stereocenters. The Bertz CT molecular complexity index is 806. The van der Waals surface area contributed by atoms with Gasteiger partial charge < -0.3 is 14.2 Å². The molecule has 0 saturated carbocycles. The van der Waals surface area contributed by atoms with Crippen molar-refractivity contribution in [2.24, 2.45) is 0 Å². The van der Waals surface area contributed by atoms with Gasteiger partial charge in [-0.3, -0.25) is 4.79 Å². The van der Waals surface area contributed by atoms with Crippen LogP contribution in [0.2, 0.25) is 0 Å². The quantitative estimate of drug-likeness (QED) is 0.501. The zero-order chi connectivity index (χ0) is 18.9. The van der Waals surface area contributed by atoms with E-state index in [0.717, 1.165) is 0 Å². The first-order valence-corrected chi connectivity index (χ1v) is 8.11. The van der Waals surface area contributed by atoms with E-state index in [1.807, 2.05) is 0 Å². The van der Waals surface area contributed by atoms with Gasteiger partial charge in [-0.25, -0.2) is 0 Å². The van der Waals surface area contributed by atoms with E-state index in [4.69, 9.17) is 14.2 Å². The standard InChI is InChI=1S/C21H21NO4/c1-4-11-26-21-13-18(25-3)9-10-19(21)16(14-22)12-20(23)15-5-7-17(24-2)8-6-15/h4-10,13,16H,1,11-12H2,2-3H3. The largest absolute Gasteiger partial charge is 0.497 e. The summed E-state index contributed by atoms with van der Waals surface area (Å²) in [5.41, 5.74) is 1.19. The summed E-state index contributed by atoms with van der Waals surface area (Å²) < 4.78 is 16.0. The van der Waals surface area contributed by atoms with Crippen molar-refractivity contribution >= 4 is 5.78 Å². The van der Waals surface area contributed by atoms with E-state index in [1.54, 1.807) is 62.8 Å². The van der Waals surface area contributed by atoms with E-state index in [-0.39, 0.29) is 12.2 Å². The molecule has 26 heavy (non-hydrogen) atoms. The molecule has 0 aliphatic heterocycles. The first kappa shape index (κ1) is 19.1. The van der Waals surface area contributed by atoms with Gasteiger partial charge in [0, 0.05) is 23.6 Å². The highest BCUT2D eigenvalue weighted by Crippen LogP contribution is 2.33. The number of Topliss-reactive ketones (excluding diaryl/α,β-unsaturated/α-hetero) is 1. The fourth-order valence-electron chi connectivity index (χ4n) is 2.51. The Hall–Kier alpha value is -3.26. The summed E-state index contributed by atoms with van der Waals surface area (Å²) >= 11 is 0. The van der Waals surface area contributed by atoms with Crippen LogP contribution in [0, 0.1) is 11.3 Å². The summed E-state index contributed by atoms with van der Waals surface area (Å²) in [6, 6.07) is 14.2. The van der Waals surface area contributed by atoms with Crippen LogP contribution in [-0.2, 0) is 0 Å². The summed E-state index contributed by atoms with van der Waals surface area (Å²) in [4.78, 5) is 12.6. The number of ether oxygens (including phenoxy) is 3. The molecule has 0 radical (unpaired) electrons. The highest BCUT2D eigenvalue weighted by atomic mass is 16.5. The fourth-order valence-corrected chi connectivity index (χ4v) is 2.51. The van der Waals surface area contributed by atoms with E-state index in [2.05, 4.69) is 12.6 Å². The van der Waals surface area contributed by atoms with Gasteiger partial charge in [-0.15, -0.1) is 0 Å². The van der Waals surface area contributed by atoms with Crippen molar-refractivity contribution in [1.82, 2.24) is 0 Å². The van der Waals surface area contributed by atoms with Crippen LogP contribution in [-0.4, -0.2) is 26.6 Å². The zero-order valence-electron chi connectivity index (χ0n) is 14.9. The van der Waals surface area contributed by atoms with E-state index < -0.39 is 5.92 Å². The predicted molar refractivity (Wildman–Crippen MR) is 99.0 cm³/mol. The highest BCUT2D eigenvalue weighted by molar-refractivity contribution is 5.97. The molecular weight excluding hydrogens is 330 g/mol. The topological polar surface area (TPSA) is 68.5 Å². The van der Waals surface area contributed by atoms with Crippen LogP contribution in [0.1, 0.15) is 28.3 Å². The summed E-state index contributed by atoms with van der Waals surface area (Å²) in [5, 5.41) is 9.60. The van der Waals surface area contributed by atoms with Gasteiger partial charge in [-0.05, 0) is 30.3 Å². The lowest BCUT2D eigenvalue weighted by Crippen LogP contribution is -2.08. The van der Waals surface area contributed by atoms with E-state index in [1.165, 1.54) is 0 Å². The van der Waals surface area contributed by atoms with Gasteiger partial charge in [0.05, 0.1) is 26.2 Å². The Morgan fingerprint density at radius 2 is 1.81 bits per heavy atom. The molecule has 0 amide bonds. The van der Waals surface area contributed by atoms with Crippen molar-refractivity contribution in [2.75, 3.05) is 20.8 Å². The average Bonchev–Trinajstić information content (AvgIpc) is 2.70. The average molecular weight is 351 g/mol. The number of methoxy groups -OCH3 is 2. The monoisotopic (exact) mass is 351 g/mol. The second-order valence-electron chi connectivity index (χ2n) is 5.54. The molecular formula is C21H21NO4. The Kier molecular flexibility index (Phi) is 6.81. The van der Waals surface area contributed by atoms with Crippen LogP contribution in [0.15, 0.2) is 55.1 Å². The molecule has 5 heteroatoms. The molecule has 0 saturated heterocycles. The lowest BCUT2D eigenvalue weighted by molar-refractivity contribution is 0.0979. The first-order valence-electron chi connectivity index (χ1n) is 8.11. The Balaban J connectivity index is 2.25. The molecule has 0 fully saturated rings. The maximum absolute atomic E-state index is 12.6. The van der Waals surface area contributed by atoms with E-state index in [9.17, 15) is 10.1 Å². The number of carbonyl (C=O) groups is 1. The Morgan fingerprint density at radius 3 is 2.38 bits per heavy atom. The first-order chi connectivity index (χ1) is 12.6. The van der Waals surface area contributed by atoms with Crippen molar-refractivity contribution in [3.05, 3.63) is 66.2 Å². The number of benzene rings is 2. The minimum atomic E-state index is -0.629. The number of hydrogen-bond donors (Lipinski definition) is 0. The minimum absolute atomic E-state index is 0.0552. The summed E-state index contributed by atoms with van der Waals surface area (Å²) in [5.74, 6) is 1.05. The third-order valence-corrected chi connectivity index (χ3v) is 3.91. The van der Waals surface area contributed by atoms with E-state index >= 15 is 0 Å². The number of rotatable bonds is 9. The third-order valence-electron chi connectivity index (χ3n) is 3.91. The van der Waals surface area contributed by atoms with Crippen LogP contribution >= 0.6 is 0 Å². The van der Waals surface area contributed by atoms with Crippen LogP contribution in [0.3, 0.4) is 0 Å². The summed E-state index contributed by atoms with van der Waals surface area (Å²) in [7, 11) is 3.12. The lowest BCUT2D eigenvalue weighted by atomic mass is 9.92. The molecule has 0 aromatic heterocycles. The van der Waals surface area contributed by atoms with Gasteiger partial charge in [0.15, 0.2) is 5.78 Å². The predicted octanol–water partition coefficient (Wildman–Crippen LogP) is 4.15. The zero-order valence-corrected chi connectivity index (χ0v) is 14.9. The summed E-state index contributed by atoms with van der Waals surface area (Å²) in [6.45, 7) is 3.93. The minimum Gasteiger partial charge on any atom is -0.497 e. The molecule has 0 N–H and O–H groups in total. The number of nitrogens with zero attached hydrogens (tertiary/aromatic N) is 1. The van der Waals surface area contributed by atoms with Gasteiger partial charge in [-0.1, -0.05) is 18.7 Å². The Morgan fingerprint density at radius 1 is 1.15 bits per heavy atom. The molecule has 2 aromatic carbocycles. The molecule has 1 unspecified atom stereocenters. The molecule has 2 rings (SSSR count). The molecule has 134 valence electrons. The van der Waals surface area contributed by atoms with Crippen LogP contribution in [0.5, 0.6) is 17.2 Å². The van der Waals surface area contributed by atoms with Gasteiger partial charge in [0.1, 0.15) is 23.9 Å². The van der Waals surface area contributed by atoms with Gasteiger partial charge >= 0.3 is 0 Å². The highest BCUT2D eigenvalue weighted by Gasteiger charge is 2.21. The van der Waals surface area contributed by atoms with Gasteiger partial charge in [0.25, 0.3) is 0 Å². The van der Waals surface area contributed by atoms with Crippen molar-refractivity contribution in [2.45, 2.75) is 12.3 Å². The van der Waals surface area contributed by atoms with Crippen LogP contribution < -0.4 is 14.2 Å². The summed E-state index contributed by atoms with van der Waals surface area (Å²) in [6.07, 6.45) is 1.67. The van der Waals surface area contributed by atoms with Gasteiger partial charge in [0.2, 0.25) is 0 Å². The molecule has 0 bridgehead atoms. The number of ketones is 1. The molecule has 2 aromatic rings. The lowest BCUT2D eigenvalue weighted by Gasteiger charge is -2.15. The molecule has 0 spiro atoms. The van der Waals surface area contributed by atoms with Crippen molar-refractivity contribution in [3.63, 3.8) is 0 Å². The van der Waals surface area contributed by atoms with Crippen molar-refractivity contribution < 1.29 is 19.0 Å². The number of hydrogen-bond acceptors (Lipinski definition) is 5. The van der Waals surface area contributed by atoms with Crippen LogP contribution in [0.25, 0.3) is 0 Å². The Labute approximate surface area is 153 Å². The second kappa shape index (κ2) is 9.28. The number of carbonyl (C=O) groups excluding carboxylic acids is 1. The molecule has 0 aliphatic rings. The molecule has 5 nitrogen and oxygen atoms in total. The third kappa shape index (κ3) is 4.64.